The maximum Gasteiger partial charge on any atom is 0.413 e. The van der Waals surface area contributed by atoms with Gasteiger partial charge in [0.2, 0.25) is 6.79 Å². The predicted molar refractivity (Wildman–Crippen MR) is 98.3 cm³/mol. The summed E-state index contributed by atoms with van der Waals surface area (Å²) >= 11 is 0. The van der Waals surface area contributed by atoms with E-state index in [1.165, 1.54) is 17.2 Å². The van der Waals surface area contributed by atoms with Gasteiger partial charge in [-0.1, -0.05) is 6.07 Å². The number of imidazole rings is 1. The maximum absolute atomic E-state index is 12.2. The molecule has 0 atom stereocenters. The van der Waals surface area contributed by atoms with E-state index in [1.807, 2.05) is 0 Å². The molecule has 1 aliphatic heterocycles. The fourth-order valence-corrected chi connectivity index (χ4v) is 2.75. The molecule has 11 heteroatoms. The third-order valence-electron chi connectivity index (χ3n) is 4.03. The zero-order chi connectivity index (χ0) is 20.2. The monoisotopic (exact) mass is 399 g/mol. The number of carbonyl (C=O) groups is 2. The quantitative estimate of drug-likeness (QED) is 0.618. The number of anilines is 1. The lowest BCUT2D eigenvalue weighted by molar-refractivity contribution is -0.143. The van der Waals surface area contributed by atoms with Crippen LogP contribution in [-0.2, 0) is 27.4 Å². The minimum absolute atomic E-state index is 0.0357. The molecule has 1 aliphatic rings. The number of carbonyl (C=O) groups excluding carboxylic acids is 2. The largest absolute Gasteiger partial charge is 0.465 e. The van der Waals surface area contributed by atoms with E-state index in [1.54, 1.807) is 25.1 Å². The number of fused-ring (bicyclic) bond motifs is 2. The van der Waals surface area contributed by atoms with E-state index in [0.29, 0.717) is 22.7 Å². The molecule has 1 aromatic carbocycles. The minimum Gasteiger partial charge on any atom is -0.465 e. The molecule has 0 aliphatic carbocycles. The number of hydrogen-bond donors (Lipinski definition) is 1. The fourth-order valence-electron chi connectivity index (χ4n) is 2.75. The summed E-state index contributed by atoms with van der Waals surface area (Å²) in [4.78, 5) is 36.2. The van der Waals surface area contributed by atoms with Crippen molar-refractivity contribution in [2.45, 2.75) is 20.1 Å². The van der Waals surface area contributed by atoms with Crippen LogP contribution >= 0.6 is 0 Å². The Balaban J connectivity index is 1.41. The predicted octanol–water partition coefficient (Wildman–Crippen LogP) is 1.87. The number of nitrogens with zero attached hydrogens (tertiary/aromatic N) is 4. The van der Waals surface area contributed by atoms with Crippen LogP contribution in [0.25, 0.3) is 11.2 Å². The molecule has 0 fully saturated rings. The molecular weight excluding hydrogens is 382 g/mol. The van der Waals surface area contributed by atoms with Gasteiger partial charge in [-0.2, -0.15) is 0 Å². The van der Waals surface area contributed by atoms with Gasteiger partial charge in [0.25, 0.3) is 0 Å². The first-order chi connectivity index (χ1) is 14.1. The summed E-state index contributed by atoms with van der Waals surface area (Å²) in [5.41, 5.74) is 1.46. The molecule has 11 nitrogen and oxygen atoms in total. The molecule has 3 heterocycles. The highest BCUT2D eigenvalue weighted by molar-refractivity contribution is 5.93. The van der Waals surface area contributed by atoms with Crippen LogP contribution in [0, 0.1) is 0 Å². The van der Waals surface area contributed by atoms with Crippen molar-refractivity contribution in [1.82, 2.24) is 19.5 Å². The van der Waals surface area contributed by atoms with Crippen LogP contribution in [0.15, 0.2) is 30.9 Å². The molecule has 1 amide bonds. The smallest absolute Gasteiger partial charge is 0.413 e. The van der Waals surface area contributed by atoms with Crippen molar-refractivity contribution >= 4 is 29.0 Å². The molecule has 4 rings (SSSR count). The minimum atomic E-state index is -0.706. The summed E-state index contributed by atoms with van der Waals surface area (Å²) in [6.07, 6.45) is 1.99. The number of rotatable bonds is 6. The lowest BCUT2D eigenvalue weighted by Crippen LogP contribution is -2.15. The highest BCUT2D eigenvalue weighted by Gasteiger charge is 2.16. The highest BCUT2D eigenvalue weighted by Crippen LogP contribution is 2.32. The molecule has 2 aromatic heterocycles. The Morgan fingerprint density at radius 3 is 2.90 bits per heavy atom. The van der Waals surface area contributed by atoms with Gasteiger partial charge in [0.15, 0.2) is 28.5 Å². The summed E-state index contributed by atoms with van der Waals surface area (Å²) in [6, 6.07) is 5.28. The van der Waals surface area contributed by atoms with Gasteiger partial charge >= 0.3 is 12.1 Å². The normalized spacial score (nSPS) is 12.0. The summed E-state index contributed by atoms with van der Waals surface area (Å²) in [5.74, 6) is 1.02. The first-order valence-corrected chi connectivity index (χ1v) is 8.78. The number of hydrogen-bond acceptors (Lipinski definition) is 9. The maximum atomic E-state index is 12.2. The summed E-state index contributed by atoms with van der Waals surface area (Å²) < 4.78 is 22.2. The molecular formula is C18H17N5O6. The molecule has 1 N–H and O–H groups in total. The summed E-state index contributed by atoms with van der Waals surface area (Å²) in [6.45, 7) is 2.17. The first kappa shape index (κ1) is 18.5. The van der Waals surface area contributed by atoms with Gasteiger partial charge in [-0.25, -0.2) is 19.7 Å². The standard InChI is InChI=1S/C18H17N5O6/c1-2-26-14(24)6-23-9-21-15-16(19-8-20-17(15)23)22-18(25)27-7-11-3-4-12-13(5-11)29-10-28-12/h3-5,8-9H,2,6-7,10H2,1H3,(H,19,20,22,25). The van der Waals surface area contributed by atoms with Crippen molar-refractivity contribution in [3.8, 4) is 11.5 Å². The molecule has 0 bridgehead atoms. The van der Waals surface area contributed by atoms with Crippen LogP contribution < -0.4 is 14.8 Å². The van der Waals surface area contributed by atoms with Crippen LogP contribution in [0.3, 0.4) is 0 Å². The van der Waals surface area contributed by atoms with Crippen LogP contribution in [0.5, 0.6) is 11.5 Å². The molecule has 0 saturated heterocycles. The summed E-state index contributed by atoms with van der Waals surface area (Å²) in [7, 11) is 0. The fraction of sp³-hybridized carbons (Fsp3) is 0.278. The van der Waals surface area contributed by atoms with Crippen molar-refractivity contribution in [1.29, 1.82) is 0 Å². The van der Waals surface area contributed by atoms with Gasteiger partial charge in [-0.3, -0.25) is 10.1 Å². The Labute approximate surface area is 164 Å². The van der Waals surface area contributed by atoms with E-state index >= 15 is 0 Å². The molecule has 0 unspecified atom stereocenters. The summed E-state index contributed by atoms with van der Waals surface area (Å²) in [5, 5.41) is 2.54. The zero-order valence-electron chi connectivity index (χ0n) is 15.5. The number of aromatic nitrogens is 4. The van der Waals surface area contributed by atoms with Crippen LogP contribution in [0.4, 0.5) is 10.6 Å². The third-order valence-corrected chi connectivity index (χ3v) is 4.03. The van der Waals surface area contributed by atoms with Crippen molar-refractivity contribution in [3.05, 3.63) is 36.4 Å². The Bertz CT molecular complexity index is 1070. The van der Waals surface area contributed by atoms with Crippen LogP contribution in [0.1, 0.15) is 12.5 Å². The second-order valence-electron chi connectivity index (χ2n) is 5.96. The second kappa shape index (κ2) is 8.00. The average Bonchev–Trinajstić information content (AvgIpc) is 3.34. The SMILES string of the molecule is CCOC(=O)Cn1cnc2c(NC(=O)OCc3ccc4c(c3)OCO4)ncnc21. The van der Waals surface area contributed by atoms with Crippen molar-refractivity contribution in [3.63, 3.8) is 0 Å². The van der Waals surface area contributed by atoms with E-state index in [0.717, 1.165) is 5.56 Å². The Hall–Kier alpha value is -3.89. The van der Waals surface area contributed by atoms with Crippen LogP contribution in [0.2, 0.25) is 0 Å². The van der Waals surface area contributed by atoms with Gasteiger partial charge in [0.05, 0.1) is 12.9 Å². The van der Waals surface area contributed by atoms with Gasteiger partial charge in [-0.05, 0) is 24.6 Å². The molecule has 3 aromatic rings. The second-order valence-corrected chi connectivity index (χ2v) is 5.96. The lowest BCUT2D eigenvalue weighted by Gasteiger charge is -2.08. The Morgan fingerprint density at radius 2 is 2.03 bits per heavy atom. The topological polar surface area (TPSA) is 127 Å². The molecule has 0 spiro atoms. The van der Waals surface area contributed by atoms with E-state index in [-0.39, 0.29) is 32.4 Å². The zero-order valence-corrected chi connectivity index (χ0v) is 15.5. The van der Waals surface area contributed by atoms with Gasteiger partial charge in [-0.15, -0.1) is 0 Å². The number of amides is 1. The molecule has 29 heavy (non-hydrogen) atoms. The Kier molecular flexibility index (Phi) is 5.10. The number of ether oxygens (including phenoxy) is 4. The first-order valence-electron chi connectivity index (χ1n) is 8.78. The van der Waals surface area contributed by atoms with E-state index < -0.39 is 12.1 Å². The van der Waals surface area contributed by atoms with E-state index in [4.69, 9.17) is 18.9 Å². The van der Waals surface area contributed by atoms with Gasteiger partial charge in [0.1, 0.15) is 19.5 Å². The lowest BCUT2D eigenvalue weighted by atomic mass is 10.2. The molecule has 150 valence electrons. The average molecular weight is 399 g/mol. The van der Waals surface area contributed by atoms with Crippen molar-refractivity contribution in [2.24, 2.45) is 0 Å². The van der Waals surface area contributed by atoms with Crippen LogP contribution in [-0.4, -0.2) is 45.0 Å². The third kappa shape index (κ3) is 4.03. The van der Waals surface area contributed by atoms with Crippen molar-refractivity contribution in [2.75, 3.05) is 18.7 Å². The number of nitrogens with one attached hydrogen (secondary N) is 1. The number of esters is 1. The Morgan fingerprint density at radius 1 is 1.17 bits per heavy atom. The van der Waals surface area contributed by atoms with E-state index in [9.17, 15) is 9.59 Å². The van der Waals surface area contributed by atoms with Gasteiger partial charge < -0.3 is 23.5 Å². The van der Waals surface area contributed by atoms with Crippen molar-refractivity contribution < 1.29 is 28.5 Å². The van der Waals surface area contributed by atoms with Gasteiger partial charge in [0, 0.05) is 0 Å². The van der Waals surface area contributed by atoms with E-state index in [2.05, 4.69) is 20.3 Å². The number of benzene rings is 1. The molecule has 0 radical (unpaired) electrons. The molecule has 0 saturated carbocycles. The highest BCUT2D eigenvalue weighted by atomic mass is 16.7.